The zero-order valence-corrected chi connectivity index (χ0v) is 7.64. The third-order valence-corrected chi connectivity index (χ3v) is 2.97. The van der Waals surface area contributed by atoms with Crippen LogP contribution in [0, 0.1) is 5.92 Å². The second-order valence-corrected chi connectivity index (χ2v) is 4.21. The van der Waals surface area contributed by atoms with Crippen LogP contribution in [0.15, 0.2) is 0 Å². The van der Waals surface area contributed by atoms with Gasteiger partial charge in [-0.25, -0.2) is 4.21 Å². The van der Waals surface area contributed by atoms with E-state index in [2.05, 4.69) is 11.9 Å². The van der Waals surface area contributed by atoms with Gasteiger partial charge in [-0.1, -0.05) is 0 Å². The summed E-state index contributed by atoms with van der Waals surface area (Å²) in [5.74, 6) is 0.936. The number of piperidine rings is 1. The maximum atomic E-state index is 10.4. The molecule has 4 heteroatoms. The normalized spacial score (nSPS) is 25.3. The predicted molar refractivity (Wildman–Crippen MR) is 45.9 cm³/mol. The fraction of sp³-hybridized carbons (Fsp3) is 1.00. The van der Waals surface area contributed by atoms with E-state index in [4.69, 9.17) is 4.55 Å². The minimum absolute atomic E-state index is 0.466. The molecule has 1 atom stereocenters. The van der Waals surface area contributed by atoms with Gasteiger partial charge in [0.15, 0.2) is 11.1 Å². The molecule has 1 fully saturated rings. The van der Waals surface area contributed by atoms with E-state index in [9.17, 15) is 4.21 Å². The topological polar surface area (TPSA) is 40.5 Å². The van der Waals surface area contributed by atoms with Crippen molar-refractivity contribution in [2.45, 2.75) is 12.8 Å². The first-order valence-electron chi connectivity index (χ1n) is 3.94. The highest BCUT2D eigenvalue weighted by Crippen LogP contribution is 2.16. The van der Waals surface area contributed by atoms with Gasteiger partial charge < -0.3 is 9.45 Å². The number of nitrogens with zero attached hydrogens (tertiary/aromatic N) is 1. The lowest BCUT2D eigenvalue weighted by Crippen LogP contribution is -2.32. The van der Waals surface area contributed by atoms with Crippen molar-refractivity contribution in [1.82, 2.24) is 4.90 Å². The Labute approximate surface area is 70.1 Å². The lowest BCUT2D eigenvalue weighted by atomic mass is 10.00. The molecule has 1 rings (SSSR count). The molecule has 1 heterocycles. The first-order chi connectivity index (χ1) is 5.18. The Morgan fingerprint density at radius 1 is 1.55 bits per heavy atom. The van der Waals surface area contributed by atoms with Gasteiger partial charge in [0.05, 0.1) is 5.75 Å². The zero-order valence-electron chi connectivity index (χ0n) is 6.82. The minimum Gasteiger partial charge on any atom is -0.306 e. The number of hydrogen-bond acceptors (Lipinski definition) is 2. The van der Waals surface area contributed by atoms with Gasteiger partial charge >= 0.3 is 0 Å². The Bertz CT molecular complexity index is 143. The molecule has 1 saturated heterocycles. The van der Waals surface area contributed by atoms with Crippen molar-refractivity contribution in [2.75, 3.05) is 25.9 Å². The molecule has 0 spiro atoms. The summed E-state index contributed by atoms with van der Waals surface area (Å²) in [6.07, 6.45) is 2.14. The molecule has 66 valence electrons. The van der Waals surface area contributed by atoms with Gasteiger partial charge in [-0.2, -0.15) is 0 Å². The highest BCUT2D eigenvalue weighted by Gasteiger charge is 2.17. The van der Waals surface area contributed by atoms with E-state index < -0.39 is 11.1 Å². The van der Waals surface area contributed by atoms with Gasteiger partial charge in [0, 0.05) is 0 Å². The highest BCUT2D eigenvalue weighted by atomic mass is 32.2. The van der Waals surface area contributed by atoms with Crippen LogP contribution >= 0.6 is 0 Å². The molecule has 1 unspecified atom stereocenters. The Morgan fingerprint density at radius 2 is 2.09 bits per heavy atom. The molecular formula is C7H15NO2S. The third-order valence-electron chi connectivity index (χ3n) is 2.22. The van der Waals surface area contributed by atoms with E-state index in [-0.39, 0.29) is 0 Å². The van der Waals surface area contributed by atoms with Crippen LogP contribution in [-0.2, 0) is 11.1 Å². The fourth-order valence-corrected chi connectivity index (χ4v) is 2.17. The smallest absolute Gasteiger partial charge is 0.153 e. The molecule has 0 aliphatic carbocycles. The summed E-state index contributed by atoms with van der Waals surface area (Å²) < 4.78 is 19.1. The molecular weight excluding hydrogens is 162 g/mol. The van der Waals surface area contributed by atoms with Gasteiger partial charge in [0.1, 0.15) is 0 Å². The van der Waals surface area contributed by atoms with Crippen LogP contribution in [0.5, 0.6) is 0 Å². The molecule has 0 amide bonds. The number of likely N-dealkylation sites (tertiary alicyclic amines) is 1. The van der Waals surface area contributed by atoms with Gasteiger partial charge in [-0.3, -0.25) is 0 Å². The summed E-state index contributed by atoms with van der Waals surface area (Å²) in [4.78, 5) is 2.26. The lowest BCUT2D eigenvalue weighted by Gasteiger charge is -2.27. The number of hydrogen-bond donors (Lipinski definition) is 1. The summed E-state index contributed by atoms with van der Waals surface area (Å²) in [6, 6.07) is 0. The molecule has 1 aliphatic rings. The average molecular weight is 177 g/mol. The molecule has 0 aromatic heterocycles. The Hall–Kier alpha value is 0.0700. The van der Waals surface area contributed by atoms with E-state index in [1.165, 1.54) is 0 Å². The monoisotopic (exact) mass is 177 g/mol. The summed E-state index contributed by atoms with van der Waals surface area (Å²) in [7, 11) is 2.09. The summed E-state index contributed by atoms with van der Waals surface area (Å²) in [5.41, 5.74) is 0. The Kier molecular flexibility index (Phi) is 3.48. The molecule has 3 nitrogen and oxygen atoms in total. The van der Waals surface area contributed by atoms with Crippen molar-refractivity contribution in [1.29, 1.82) is 0 Å². The predicted octanol–water partition coefficient (Wildman–Crippen LogP) is 0.550. The van der Waals surface area contributed by atoms with Crippen molar-refractivity contribution >= 4 is 11.1 Å². The summed E-state index contributed by atoms with van der Waals surface area (Å²) in [5, 5.41) is 0. The average Bonchev–Trinajstić information content (AvgIpc) is 1.93. The van der Waals surface area contributed by atoms with Crippen molar-refractivity contribution in [3.8, 4) is 0 Å². The molecule has 0 radical (unpaired) electrons. The van der Waals surface area contributed by atoms with Crippen LogP contribution in [0.3, 0.4) is 0 Å². The third kappa shape index (κ3) is 3.31. The van der Waals surface area contributed by atoms with Gasteiger partial charge in [0.2, 0.25) is 0 Å². The highest BCUT2D eigenvalue weighted by molar-refractivity contribution is 7.79. The first kappa shape index (κ1) is 9.16. The molecule has 0 aromatic carbocycles. The molecule has 1 aliphatic heterocycles. The maximum Gasteiger partial charge on any atom is 0.153 e. The molecule has 0 saturated carbocycles. The van der Waals surface area contributed by atoms with Crippen LogP contribution in [0.4, 0.5) is 0 Å². The van der Waals surface area contributed by atoms with Gasteiger partial charge in [0.25, 0.3) is 0 Å². The van der Waals surface area contributed by atoms with Gasteiger partial charge in [-0.15, -0.1) is 0 Å². The molecule has 0 aromatic rings. The second-order valence-electron chi connectivity index (χ2n) is 3.23. The van der Waals surface area contributed by atoms with Crippen molar-refractivity contribution in [3.05, 3.63) is 0 Å². The second kappa shape index (κ2) is 4.18. The van der Waals surface area contributed by atoms with Crippen LogP contribution in [0.1, 0.15) is 12.8 Å². The van der Waals surface area contributed by atoms with E-state index in [0.717, 1.165) is 25.9 Å². The minimum atomic E-state index is -1.59. The van der Waals surface area contributed by atoms with Crippen molar-refractivity contribution in [2.24, 2.45) is 5.92 Å². The lowest BCUT2D eigenvalue weighted by molar-refractivity contribution is 0.231. The fourth-order valence-electron chi connectivity index (χ4n) is 1.43. The molecule has 0 bridgehead atoms. The summed E-state index contributed by atoms with van der Waals surface area (Å²) in [6.45, 7) is 2.14. The van der Waals surface area contributed by atoms with Crippen LogP contribution in [0.2, 0.25) is 0 Å². The zero-order chi connectivity index (χ0) is 8.27. The van der Waals surface area contributed by atoms with Gasteiger partial charge in [-0.05, 0) is 38.9 Å². The van der Waals surface area contributed by atoms with E-state index >= 15 is 0 Å². The van der Waals surface area contributed by atoms with Crippen LogP contribution in [-0.4, -0.2) is 39.6 Å². The van der Waals surface area contributed by atoms with E-state index in [1.807, 2.05) is 0 Å². The number of rotatable bonds is 2. The maximum absolute atomic E-state index is 10.4. The van der Waals surface area contributed by atoms with Crippen LogP contribution < -0.4 is 0 Å². The first-order valence-corrected chi connectivity index (χ1v) is 5.22. The van der Waals surface area contributed by atoms with Crippen molar-refractivity contribution in [3.63, 3.8) is 0 Å². The Morgan fingerprint density at radius 3 is 2.55 bits per heavy atom. The molecule has 1 N–H and O–H groups in total. The van der Waals surface area contributed by atoms with Crippen molar-refractivity contribution < 1.29 is 8.76 Å². The standard InChI is InChI=1S/C7H15NO2S/c1-8-4-2-7(3-5-8)6-11(9)10/h7H,2-6H2,1H3,(H,9,10). The summed E-state index contributed by atoms with van der Waals surface area (Å²) >= 11 is -1.59. The molecule has 11 heavy (non-hydrogen) atoms. The van der Waals surface area contributed by atoms with Crippen LogP contribution in [0.25, 0.3) is 0 Å². The quantitative estimate of drug-likeness (QED) is 0.626. The van der Waals surface area contributed by atoms with E-state index in [1.54, 1.807) is 0 Å². The largest absolute Gasteiger partial charge is 0.306 e. The Balaban J connectivity index is 2.22. The van der Waals surface area contributed by atoms with E-state index in [0.29, 0.717) is 11.7 Å². The SMILES string of the molecule is CN1CCC(CS(=O)O)CC1.